The molecule has 0 spiro atoms. The second-order valence-corrected chi connectivity index (χ2v) is 5.35. The number of benzene rings is 1. The molecule has 2 aromatic rings. The highest BCUT2D eigenvalue weighted by Gasteiger charge is 2.08. The molecular formula is C9H6BrIN2S. The van der Waals surface area contributed by atoms with Gasteiger partial charge < -0.3 is 0 Å². The normalized spacial score (nSPS) is 10.5. The lowest BCUT2D eigenvalue weighted by Crippen LogP contribution is -1.83. The fourth-order valence-corrected chi connectivity index (χ4v) is 2.87. The molecule has 0 atom stereocenters. The van der Waals surface area contributed by atoms with Gasteiger partial charge in [-0.3, -0.25) is 0 Å². The van der Waals surface area contributed by atoms with Crippen molar-refractivity contribution < 1.29 is 0 Å². The van der Waals surface area contributed by atoms with Crippen molar-refractivity contribution in [2.45, 2.75) is 6.92 Å². The van der Waals surface area contributed by atoms with Crippen molar-refractivity contribution in [3.63, 3.8) is 0 Å². The van der Waals surface area contributed by atoms with E-state index in [1.165, 1.54) is 17.1 Å². The van der Waals surface area contributed by atoms with Crippen molar-refractivity contribution in [1.82, 2.24) is 9.36 Å². The van der Waals surface area contributed by atoms with Crippen LogP contribution in [0, 0.1) is 10.8 Å². The van der Waals surface area contributed by atoms with Crippen LogP contribution in [0.1, 0.15) is 5.56 Å². The van der Waals surface area contributed by atoms with Crippen LogP contribution in [0.25, 0.3) is 10.6 Å². The van der Waals surface area contributed by atoms with Crippen LogP contribution in [0.15, 0.2) is 22.7 Å². The minimum Gasteiger partial charge on any atom is -0.210 e. The highest BCUT2D eigenvalue weighted by Crippen LogP contribution is 2.29. The summed E-state index contributed by atoms with van der Waals surface area (Å²) in [5, 5.41) is 0.980. The van der Waals surface area contributed by atoms with Crippen LogP contribution in [-0.4, -0.2) is 9.36 Å². The molecule has 0 aliphatic carbocycles. The van der Waals surface area contributed by atoms with Gasteiger partial charge in [-0.25, -0.2) is 4.98 Å². The maximum absolute atomic E-state index is 4.36. The first kappa shape index (κ1) is 10.5. The van der Waals surface area contributed by atoms with Gasteiger partial charge in [-0.1, -0.05) is 28.1 Å². The molecule has 0 unspecified atom stereocenters. The largest absolute Gasteiger partial charge is 0.210 e. The van der Waals surface area contributed by atoms with E-state index in [2.05, 4.69) is 60.9 Å². The Kier molecular flexibility index (Phi) is 3.18. The first-order chi connectivity index (χ1) is 6.68. The fraction of sp³-hybridized carbons (Fsp3) is 0.111. The SMILES string of the molecule is Cc1c(Br)cccc1-c1nc(I)ns1. The molecule has 0 saturated heterocycles. The lowest BCUT2D eigenvalue weighted by Gasteiger charge is -2.02. The average molecular weight is 381 g/mol. The van der Waals surface area contributed by atoms with Crippen LogP contribution in [0.5, 0.6) is 0 Å². The van der Waals surface area contributed by atoms with E-state index in [-0.39, 0.29) is 0 Å². The summed E-state index contributed by atoms with van der Waals surface area (Å²) in [6, 6.07) is 6.11. The first-order valence-corrected chi connectivity index (χ1v) is 6.57. The van der Waals surface area contributed by atoms with Crippen LogP contribution < -0.4 is 0 Å². The molecule has 1 heterocycles. The first-order valence-electron chi connectivity index (χ1n) is 3.93. The van der Waals surface area contributed by atoms with Gasteiger partial charge in [0, 0.05) is 32.6 Å². The third-order valence-electron chi connectivity index (χ3n) is 1.90. The van der Waals surface area contributed by atoms with Crippen LogP contribution >= 0.6 is 50.1 Å². The maximum Gasteiger partial charge on any atom is 0.203 e. The van der Waals surface area contributed by atoms with E-state index in [1.807, 2.05) is 12.1 Å². The number of rotatable bonds is 1. The van der Waals surface area contributed by atoms with Gasteiger partial charge in [-0.05, 0) is 30.1 Å². The Morgan fingerprint density at radius 3 is 2.86 bits per heavy atom. The van der Waals surface area contributed by atoms with E-state index in [4.69, 9.17) is 0 Å². The predicted molar refractivity (Wildman–Crippen MR) is 70.5 cm³/mol. The molecule has 2 rings (SSSR count). The Balaban J connectivity index is 2.57. The zero-order chi connectivity index (χ0) is 10.1. The molecule has 0 aliphatic rings. The summed E-state index contributed by atoms with van der Waals surface area (Å²) >= 11 is 7.07. The van der Waals surface area contributed by atoms with E-state index < -0.39 is 0 Å². The van der Waals surface area contributed by atoms with E-state index in [1.54, 1.807) is 0 Å². The van der Waals surface area contributed by atoms with E-state index >= 15 is 0 Å². The lowest BCUT2D eigenvalue weighted by molar-refractivity contribution is 1.25. The van der Waals surface area contributed by atoms with Gasteiger partial charge >= 0.3 is 0 Å². The van der Waals surface area contributed by atoms with E-state index in [0.29, 0.717) is 0 Å². The Morgan fingerprint density at radius 1 is 1.43 bits per heavy atom. The van der Waals surface area contributed by atoms with Crippen molar-refractivity contribution in [1.29, 1.82) is 0 Å². The molecule has 0 bridgehead atoms. The number of hydrogen-bond donors (Lipinski definition) is 0. The summed E-state index contributed by atoms with van der Waals surface area (Å²) in [5.41, 5.74) is 2.36. The molecule has 0 fully saturated rings. The molecule has 1 aromatic heterocycles. The molecule has 5 heteroatoms. The van der Waals surface area contributed by atoms with Gasteiger partial charge in [0.2, 0.25) is 3.83 Å². The maximum atomic E-state index is 4.36. The number of nitrogens with zero attached hydrogens (tertiary/aromatic N) is 2. The molecule has 14 heavy (non-hydrogen) atoms. The summed E-state index contributed by atoms with van der Waals surface area (Å²) in [4.78, 5) is 4.36. The predicted octanol–water partition coefficient (Wildman–Crippen LogP) is 3.88. The Bertz CT molecular complexity index is 470. The molecule has 0 aliphatic heterocycles. The van der Waals surface area contributed by atoms with Crippen LogP contribution in [-0.2, 0) is 0 Å². The van der Waals surface area contributed by atoms with Gasteiger partial charge in [0.25, 0.3) is 0 Å². The smallest absolute Gasteiger partial charge is 0.203 e. The molecule has 72 valence electrons. The van der Waals surface area contributed by atoms with Crippen molar-refractivity contribution in [3.05, 3.63) is 32.1 Å². The zero-order valence-electron chi connectivity index (χ0n) is 7.29. The van der Waals surface area contributed by atoms with Gasteiger partial charge in [0.15, 0.2) is 0 Å². The molecular weight excluding hydrogens is 375 g/mol. The number of aromatic nitrogens is 2. The summed E-state index contributed by atoms with van der Waals surface area (Å²) in [6.07, 6.45) is 0. The monoisotopic (exact) mass is 380 g/mol. The van der Waals surface area contributed by atoms with Crippen LogP contribution in [0.4, 0.5) is 0 Å². The van der Waals surface area contributed by atoms with Crippen LogP contribution in [0.3, 0.4) is 0 Å². The number of halogens is 2. The molecule has 2 nitrogen and oxygen atoms in total. The quantitative estimate of drug-likeness (QED) is 0.701. The van der Waals surface area contributed by atoms with Crippen molar-refractivity contribution >= 4 is 50.1 Å². The van der Waals surface area contributed by atoms with E-state index in [0.717, 1.165) is 18.9 Å². The Morgan fingerprint density at radius 2 is 2.21 bits per heavy atom. The molecule has 0 amide bonds. The number of hydrogen-bond acceptors (Lipinski definition) is 3. The summed E-state index contributed by atoms with van der Waals surface area (Å²) in [6.45, 7) is 2.08. The highest BCUT2D eigenvalue weighted by molar-refractivity contribution is 14.1. The summed E-state index contributed by atoms with van der Waals surface area (Å²) < 4.78 is 6.08. The van der Waals surface area contributed by atoms with Crippen molar-refractivity contribution in [3.8, 4) is 10.6 Å². The van der Waals surface area contributed by atoms with Gasteiger partial charge in [0.1, 0.15) is 5.01 Å². The zero-order valence-corrected chi connectivity index (χ0v) is 11.9. The molecule has 1 aromatic carbocycles. The minimum atomic E-state index is 0.807. The topological polar surface area (TPSA) is 25.8 Å². The lowest BCUT2D eigenvalue weighted by atomic mass is 10.1. The second kappa shape index (κ2) is 4.24. The molecule has 0 saturated carbocycles. The Hall–Kier alpha value is -0.0100. The second-order valence-electron chi connectivity index (χ2n) is 2.78. The molecule has 0 radical (unpaired) electrons. The average Bonchev–Trinajstić information content (AvgIpc) is 2.57. The third kappa shape index (κ3) is 1.99. The summed E-state index contributed by atoms with van der Waals surface area (Å²) in [7, 11) is 0. The van der Waals surface area contributed by atoms with E-state index in [9.17, 15) is 0 Å². The van der Waals surface area contributed by atoms with Gasteiger partial charge in [0.05, 0.1) is 0 Å². The van der Waals surface area contributed by atoms with Gasteiger partial charge in [-0.2, -0.15) is 4.37 Å². The van der Waals surface area contributed by atoms with Crippen molar-refractivity contribution in [2.75, 3.05) is 0 Å². The van der Waals surface area contributed by atoms with Gasteiger partial charge in [-0.15, -0.1) is 0 Å². The minimum absolute atomic E-state index is 0.807. The van der Waals surface area contributed by atoms with Crippen LogP contribution in [0.2, 0.25) is 0 Å². The highest BCUT2D eigenvalue weighted by atomic mass is 127. The fourth-order valence-electron chi connectivity index (χ4n) is 1.15. The standard InChI is InChI=1S/C9H6BrIN2S/c1-5-6(3-2-4-7(5)10)8-12-9(11)13-14-8/h2-4H,1H3. The van der Waals surface area contributed by atoms with Crippen molar-refractivity contribution in [2.24, 2.45) is 0 Å². The summed E-state index contributed by atoms with van der Waals surface area (Å²) in [5.74, 6) is 0. The Labute approximate surface area is 108 Å². The third-order valence-corrected chi connectivity index (χ3v) is 4.32. The molecule has 0 N–H and O–H groups in total.